The molecule has 0 aliphatic carbocycles. The van der Waals surface area contributed by atoms with Crippen molar-refractivity contribution >= 4 is 16.8 Å². The van der Waals surface area contributed by atoms with Crippen molar-refractivity contribution in [2.45, 2.75) is 25.4 Å². The Labute approximate surface area is 118 Å². The van der Waals surface area contributed by atoms with Crippen LogP contribution in [-0.2, 0) is 0 Å². The molecule has 1 aliphatic heterocycles. The molecule has 1 atom stereocenters. The number of rotatable bonds is 1. The van der Waals surface area contributed by atoms with Crippen LogP contribution in [0.25, 0.3) is 10.9 Å². The van der Waals surface area contributed by atoms with Crippen LogP contribution in [0.1, 0.15) is 30.1 Å². The Hall–Kier alpha value is -1.94. The molecule has 0 spiro atoms. The molecule has 20 heavy (non-hydrogen) atoms. The lowest BCUT2D eigenvalue weighted by Crippen LogP contribution is -2.48. The normalized spacial score (nSPS) is 23.0. The second-order valence-electron chi connectivity index (χ2n) is 5.70. The van der Waals surface area contributed by atoms with Crippen LogP contribution in [0.2, 0.25) is 0 Å². The molecule has 4 nitrogen and oxygen atoms in total. The number of hydrogen-bond acceptors (Lipinski definition) is 3. The van der Waals surface area contributed by atoms with Crippen molar-refractivity contribution in [3.8, 4) is 0 Å². The van der Waals surface area contributed by atoms with E-state index in [-0.39, 0.29) is 5.91 Å². The van der Waals surface area contributed by atoms with Gasteiger partial charge in [0.15, 0.2) is 0 Å². The molecule has 2 aromatic rings. The summed E-state index contributed by atoms with van der Waals surface area (Å²) in [7, 11) is 0. The van der Waals surface area contributed by atoms with Gasteiger partial charge in [0.1, 0.15) is 0 Å². The lowest BCUT2D eigenvalue weighted by atomic mass is 9.94. The second kappa shape index (κ2) is 4.87. The van der Waals surface area contributed by atoms with Crippen molar-refractivity contribution in [2.24, 2.45) is 0 Å². The number of pyridine rings is 1. The number of piperidine rings is 1. The largest absolute Gasteiger partial charge is 0.388 e. The van der Waals surface area contributed by atoms with E-state index in [9.17, 15) is 9.90 Å². The van der Waals surface area contributed by atoms with Gasteiger partial charge in [0.2, 0.25) is 0 Å². The van der Waals surface area contributed by atoms with Crippen LogP contribution in [0, 0.1) is 0 Å². The van der Waals surface area contributed by atoms with Crippen molar-refractivity contribution in [1.29, 1.82) is 0 Å². The molecule has 1 amide bonds. The van der Waals surface area contributed by atoms with Gasteiger partial charge in [-0.2, -0.15) is 0 Å². The number of nitrogens with zero attached hydrogens (tertiary/aromatic N) is 2. The van der Waals surface area contributed by atoms with E-state index in [2.05, 4.69) is 4.98 Å². The van der Waals surface area contributed by atoms with Crippen molar-refractivity contribution < 1.29 is 9.90 Å². The topological polar surface area (TPSA) is 53.4 Å². The molecule has 1 fully saturated rings. The molecular formula is C16H18N2O2. The summed E-state index contributed by atoms with van der Waals surface area (Å²) in [6.07, 6.45) is 3.24. The third-order valence-corrected chi connectivity index (χ3v) is 3.84. The quantitative estimate of drug-likeness (QED) is 0.864. The summed E-state index contributed by atoms with van der Waals surface area (Å²) in [6, 6.07) is 9.40. The first-order chi connectivity index (χ1) is 9.57. The number of β-amino-alcohol motifs (C(OH)–C–C–N with tert-alkyl or cyclic N) is 1. The monoisotopic (exact) mass is 270 g/mol. The molecule has 4 heteroatoms. The maximum atomic E-state index is 12.7. The minimum Gasteiger partial charge on any atom is -0.388 e. The highest BCUT2D eigenvalue weighted by Crippen LogP contribution is 2.24. The smallest absolute Gasteiger partial charge is 0.254 e. The lowest BCUT2D eigenvalue weighted by Gasteiger charge is -2.37. The molecule has 1 N–H and O–H groups in total. The van der Waals surface area contributed by atoms with Crippen LogP contribution in [0.3, 0.4) is 0 Å². The predicted molar refractivity (Wildman–Crippen MR) is 77.5 cm³/mol. The van der Waals surface area contributed by atoms with Crippen LogP contribution < -0.4 is 0 Å². The Balaban J connectivity index is 1.97. The molecule has 0 radical (unpaired) electrons. The number of aliphatic hydroxyl groups is 1. The first-order valence-corrected chi connectivity index (χ1v) is 6.92. The van der Waals surface area contributed by atoms with Crippen molar-refractivity contribution in [2.75, 3.05) is 13.1 Å². The average molecular weight is 270 g/mol. The molecule has 0 saturated carbocycles. The fraction of sp³-hybridized carbons (Fsp3) is 0.375. The van der Waals surface area contributed by atoms with Crippen LogP contribution in [0.5, 0.6) is 0 Å². The maximum absolute atomic E-state index is 12.7. The SMILES string of the molecule is CC1(O)CCCN(C(=O)c2ccnc3ccccc23)C1. The zero-order chi connectivity index (χ0) is 14.2. The Morgan fingerprint density at radius 3 is 2.95 bits per heavy atom. The molecule has 1 aliphatic rings. The summed E-state index contributed by atoms with van der Waals surface area (Å²) < 4.78 is 0. The Kier molecular flexibility index (Phi) is 3.18. The minimum absolute atomic E-state index is 0.0245. The van der Waals surface area contributed by atoms with Crippen molar-refractivity contribution in [1.82, 2.24) is 9.88 Å². The van der Waals surface area contributed by atoms with Gasteiger partial charge in [0.25, 0.3) is 5.91 Å². The van der Waals surface area contributed by atoms with Gasteiger partial charge in [-0.15, -0.1) is 0 Å². The fourth-order valence-electron chi connectivity index (χ4n) is 2.85. The summed E-state index contributed by atoms with van der Waals surface area (Å²) in [6.45, 7) is 2.88. The summed E-state index contributed by atoms with van der Waals surface area (Å²) in [5, 5.41) is 11.0. The third kappa shape index (κ3) is 2.39. The molecule has 1 aromatic carbocycles. The van der Waals surface area contributed by atoms with Gasteiger partial charge in [-0.3, -0.25) is 9.78 Å². The third-order valence-electron chi connectivity index (χ3n) is 3.84. The zero-order valence-electron chi connectivity index (χ0n) is 11.5. The first-order valence-electron chi connectivity index (χ1n) is 6.92. The van der Waals surface area contributed by atoms with Gasteiger partial charge in [0, 0.05) is 24.7 Å². The van der Waals surface area contributed by atoms with Crippen molar-refractivity contribution in [3.63, 3.8) is 0 Å². The van der Waals surface area contributed by atoms with E-state index in [0.717, 1.165) is 23.7 Å². The number of carbonyl (C=O) groups is 1. The number of likely N-dealkylation sites (tertiary alicyclic amines) is 1. The number of benzene rings is 1. The summed E-state index contributed by atoms with van der Waals surface area (Å²) in [5.74, 6) is -0.0245. The van der Waals surface area contributed by atoms with Crippen LogP contribution in [0.15, 0.2) is 36.5 Å². The van der Waals surface area contributed by atoms with Gasteiger partial charge in [-0.25, -0.2) is 0 Å². The van der Waals surface area contributed by atoms with E-state index < -0.39 is 5.60 Å². The van der Waals surface area contributed by atoms with Crippen LogP contribution in [0.4, 0.5) is 0 Å². The number of carbonyl (C=O) groups excluding carboxylic acids is 1. The van der Waals surface area contributed by atoms with E-state index >= 15 is 0 Å². The van der Waals surface area contributed by atoms with E-state index in [1.165, 1.54) is 0 Å². The van der Waals surface area contributed by atoms with E-state index in [4.69, 9.17) is 0 Å². The Morgan fingerprint density at radius 1 is 1.35 bits per heavy atom. The highest BCUT2D eigenvalue weighted by Gasteiger charge is 2.31. The second-order valence-corrected chi connectivity index (χ2v) is 5.70. The molecule has 1 unspecified atom stereocenters. The number of para-hydroxylation sites is 1. The Bertz CT molecular complexity index is 646. The number of amides is 1. The maximum Gasteiger partial charge on any atom is 0.254 e. The van der Waals surface area contributed by atoms with Crippen LogP contribution >= 0.6 is 0 Å². The number of hydrogen-bond donors (Lipinski definition) is 1. The summed E-state index contributed by atoms with van der Waals surface area (Å²) >= 11 is 0. The predicted octanol–water partition coefficient (Wildman–Crippen LogP) is 2.22. The van der Waals surface area contributed by atoms with Gasteiger partial charge in [-0.05, 0) is 31.9 Å². The van der Waals surface area contributed by atoms with Gasteiger partial charge in [0.05, 0.1) is 16.7 Å². The van der Waals surface area contributed by atoms with Gasteiger partial charge >= 0.3 is 0 Å². The molecule has 1 aromatic heterocycles. The summed E-state index contributed by atoms with van der Waals surface area (Å²) in [5.41, 5.74) is 0.701. The molecular weight excluding hydrogens is 252 g/mol. The van der Waals surface area contributed by atoms with Crippen molar-refractivity contribution in [3.05, 3.63) is 42.1 Å². The average Bonchev–Trinajstić information content (AvgIpc) is 2.45. The minimum atomic E-state index is -0.781. The van der Waals surface area contributed by atoms with E-state index in [1.807, 2.05) is 24.3 Å². The van der Waals surface area contributed by atoms with Gasteiger partial charge in [-0.1, -0.05) is 18.2 Å². The van der Waals surface area contributed by atoms with Crippen LogP contribution in [-0.4, -0.2) is 39.6 Å². The zero-order valence-corrected chi connectivity index (χ0v) is 11.5. The number of fused-ring (bicyclic) bond motifs is 1. The number of aromatic nitrogens is 1. The molecule has 104 valence electrons. The molecule has 3 rings (SSSR count). The fourth-order valence-corrected chi connectivity index (χ4v) is 2.85. The van der Waals surface area contributed by atoms with E-state index in [1.54, 1.807) is 24.1 Å². The highest BCUT2D eigenvalue weighted by molar-refractivity contribution is 6.06. The molecule has 1 saturated heterocycles. The standard InChI is InChI=1S/C16H18N2O2/c1-16(20)8-4-10-18(11-16)15(19)13-7-9-17-14-6-3-2-5-12(13)14/h2-3,5-7,9,20H,4,8,10-11H2,1H3. The van der Waals surface area contributed by atoms with Gasteiger partial charge < -0.3 is 10.0 Å². The first kappa shape index (κ1) is 13.1. The Morgan fingerprint density at radius 2 is 2.15 bits per heavy atom. The lowest BCUT2D eigenvalue weighted by molar-refractivity contribution is -0.0106. The highest BCUT2D eigenvalue weighted by atomic mass is 16.3. The van der Waals surface area contributed by atoms with E-state index in [0.29, 0.717) is 18.7 Å². The molecule has 0 bridgehead atoms. The summed E-state index contributed by atoms with van der Waals surface area (Å²) in [4.78, 5) is 18.7. The molecule has 2 heterocycles.